The fourth-order valence-corrected chi connectivity index (χ4v) is 3.08. The normalized spacial score (nSPS) is 17.4. The molecule has 1 aromatic rings. The van der Waals surface area contributed by atoms with Gasteiger partial charge in [-0.1, -0.05) is 62.4 Å². The zero-order valence-corrected chi connectivity index (χ0v) is 14.3. The highest BCUT2D eigenvalue weighted by atomic mass is 16.6. The lowest BCUT2D eigenvalue weighted by Gasteiger charge is -2.26. The van der Waals surface area contributed by atoms with E-state index in [0.29, 0.717) is 12.3 Å². The highest BCUT2D eigenvalue weighted by molar-refractivity contribution is 5.83. The molecule has 2 amide bonds. The van der Waals surface area contributed by atoms with Crippen molar-refractivity contribution in [3.63, 3.8) is 0 Å². The minimum Gasteiger partial charge on any atom is -0.443 e. The second-order valence-electron chi connectivity index (χ2n) is 6.52. The Labute approximate surface area is 147 Å². The molecule has 0 radical (unpaired) electrons. The SMILES string of the molecule is NC(CC1CCCCC1)C(O)C(=O)NNC(=O)OCc1ccccc1. The Hall–Kier alpha value is -2.12. The first kappa shape index (κ1) is 19.2. The number of hydrogen-bond acceptors (Lipinski definition) is 5. The molecular formula is C18H27N3O4. The molecule has 2 atom stereocenters. The van der Waals surface area contributed by atoms with Gasteiger partial charge in [-0.15, -0.1) is 0 Å². The molecule has 0 aliphatic heterocycles. The number of carbonyl (C=O) groups is 2. The third kappa shape index (κ3) is 6.72. The summed E-state index contributed by atoms with van der Waals surface area (Å²) in [5, 5.41) is 10.0. The number of amides is 2. The lowest BCUT2D eigenvalue weighted by molar-refractivity contribution is -0.131. The number of ether oxygens (including phenoxy) is 1. The first-order chi connectivity index (χ1) is 12.1. The predicted molar refractivity (Wildman–Crippen MR) is 93.1 cm³/mol. The Morgan fingerprint density at radius 3 is 2.52 bits per heavy atom. The lowest BCUT2D eigenvalue weighted by Crippen LogP contribution is -2.52. The Kier molecular flexibility index (Phi) is 7.69. The van der Waals surface area contributed by atoms with Crippen molar-refractivity contribution in [1.29, 1.82) is 0 Å². The van der Waals surface area contributed by atoms with Gasteiger partial charge in [0.15, 0.2) is 0 Å². The number of nitrogens with one attached hydrogen (secondary N) is 2. The van der Waals surface area contributed by atoms with Gasteiger partial charge in [-0.05, 0) is 17.9 Å². The van der Waals surface area contributed by atoms with Crippen molar-refractivity contribution in [2.24, 2.45) is 11.7 Å². The van der Waals surface area contributed by atoms with Gasteiger partial charge in [-0.3, -0.25) is 10.2 Å². The monoisotopic (exact) mass is 349 g/mol. The maximum Gasteiger partial charge on any atom is 0.426 e. The summed E-state index contributed by atoms with van der Waals surface area (Å²) in [6.07, 6.45) is 4.21. The smallest absolute Gasteiger partial charge is 0.426 e. The molecule has 0 heterocycles. The molecule has 0 spiro atoms. The van der Waals surface area contributed by atoms with Crippen LogP contribution in [0.5, 0.6) is 0 Å². The number of benzene rings is 1. The molecule has 0 aromatic heterocycles. The van der Waals surface area contributed by atoms with Crippen LogP contribution in [0.15, 0.2) is 30.3 Å². The minimum absolute atomic E-state index is 0.0896. The summed E-state index contributed by atoms with van der Waals surface area (Å²) >= 11 is 0. The van der Waals surface area contributed by atoms with E-state index in [1.807, 2.05) is 30.3 Å². The molecular weight excluding hydrogens is 322 g/mol. The van der Waals surface area contributed by atoms with E-state index in [9.17, 15) is 14.7 Å². The Morgan fingerprint density at radius 2 is 1.84 bits per heavy atom. The Bertz CT molecular complexity index is 547. The number of rotatable bonds is 6. The van der Waals surface area contributed by atoms with Crippen LogP contribution in [-0.4, -0.2) is 29.3 Å². The van der Waals surface area contributed by atoms with E-state index >= 15 is 0 Å². The molecule has 138 valence electrons. The topological polar surface area (TPSA) is 114 Å². The van der Waals surface area contributed by atoms with Crippen molar-refractivity contribution < 1.29 is 19.4 Å². The third-order valence-corrected chi connectivity index (χ3v) is 4.50. The van der Waals surface area contributed by atoms with Gasteiger partial charge in [0.25, 0.3) is 5.91 Å². The molecule has 7 nitrogen and oxygen atoms in total. The van der Waals surface area contributed by atoms with Crippen LogP contribution in [0.1, 0.15) is 44.1 Å². The molecule has 5 N–H and O–H groups in total. The average Bonchev–Trinajstić information content (AvgIpc) is 2.65. The van der Waals surface area contributed by atoms with Crippen molar-refractivity contribution in [3.8, 4) is 0 Å². The standard InChI is InChI=1S/C18H27N3O4/c19-15(11-13-7-3-1-4-8-13)16(22)17(23)20-21-18(24)25-12-14-9-5-2-6-10-14/h2,5-6,9-10,13,15-16,22H,1,3-4,7-8,11-12,19H2,(H,20,23)(H,21,24). The van der Waals surface area contributed by atoms with Crippen molar-refractivity contribution in [2.75, 3.05) is 0 Å². The minimum atomic E-state index is -1.36. The Balaban J connectivity index is 1.66. The zero-order chi connectivity index (χ0) is 18.1. The summed E-state index contributed by atoms with van der Waals surface area (Å²) in [5.41, 5.74) is 11.0. The summed E-state index contributed by atoms with van der Waals surface area (Å²) in [7, 11) is 0. The molecule has 1 aliphatic rings. The van der Waals surface area contributed by atoms with Gasteiger partial charge in [0.2, 0.25) is 0 Å². The van der Waals surface area contributed by atoms with Crippen LogP contribution >= 0.6 is 0 Å². The summed E-state index contributed by atoms with van der Waals surface area (Å²) < 4.78 is 4.96. The maximum atomic E-state index is 11.9. The molecule has 2 unspecified atom stereocenters. The van der Waals surface area contributed by atoms with E-state index in [0.717, 1.165) is 18.4 Å². The van der Waals surface area contributed by atoms with Gasteiger partial charge < -0.3 is 15.6 Å². The third-order valence-electron chi connectivity index (χ3n) is 4.50. The van der Waals surface area contributed by atoms with Crippen LogP contribution in [0.3, 0.4) is 0 Å². The first-order valence-electron chi connectivity index (χ1n) is 8.76. The molecule has 1 aromatic carbocycles. The van der Waals surface area contributed by atoms with Gasteiger partial charge in [0, 0.05) is 6.04 Å². The van der Waals surface area contributed by atoms with Crippen LogP contribution in [0, 0.1) is 5.92 Å². The van der Waals surface area contributed by atoms with Crippen LogP contribution in [0.2, 0.25) is 0 Å². The lowest BCUT2D eigenvalue weighted by atomic mass is 9.84. The van der Waals surface area contributed by atoms with Gasteiger partial charge in [0.1, 0.15) is 12.7 Å². The molecule has 1 fully saturated rings. The fraction of sp³-hybridized carbons (Fsp3) is 0.556. The zero-order valence-electron chi connectivity index (χ0n) is 14.3. The van der Waals surface area contributed by atoms with Crippen molar-refractivity contribution in [1.82, 2.24) is 10.9 Å². The van der Waals surface area contributed by atoms with Crippen LogP contribution < -0.4 is 16.6 Å². The van der Waals surface area contributed by atoms with E-state index in [1.165, 1.54) is 19.3 Å². The van der Waals surface area contributed by atoms with Crippen LogP contribution in [-0.2, 0) is 16.1 Å². The number of hydrogen-bond donors (Lipinski definition) is 4. The maximum absolute atomic E-state index is 11.9. The highest BCUT2D eigenvalue weighted by Gasteiger charge is 2.26. The molecule has 25 heavy (non-hydrogen) atoms. The number of aliphatic hydroxyl groups excluding tert-OH is 1. The highest BCUT2D eigenvalue weighted by Crippen LogP contribution is 2.27. The summed E-state index contributed by atoms with van der Waals surface area (Å²) in [6.45, 7) is 0.0896. The number of nitrogens with two attached hydrogens (primary N) is 1. The average molecular weight is 349 g/mol. The van der Waals surface area contributed by atoms with Crippen molar-refractivity contribution in [2.45, 2.75) is 57.3 Å². The summed E-state index contributed by atoms with van der Waals surface area (Å²) in [4.78, 5) is 23.5. The van der Waals surface area contributed by atoms with Crippen molar-refractivity contribution in [3.05, 3.63) is 35.9 Å². The number of hydrazine groups is 1. The molecule has 1 saturated carbocycles. The first-order valence-corrected chi connectivity index (χ1v) is 8.76. The summed E-state index contributed by atoms with van der Waals surface area (Å²) in [6, 6.07) is 8.53. The second kappa shape index (κ2) is 10.0. The van der Waals surface area contributed by atoms with E-state index in [2.05, 4.69) is 10.9 Å². The fourth-order valence-electron chi connectivity index (χ4n) is 3.08. The van der Waals surface area contributed by atoms with Gasteiger partial charge in [-0.25, -0.2) is 10.2 Å². The van der Waals surface area contributed by atoms with Crippen LogP contribution in [0.25, 0.3) is 0 Å². The molecule has 0 saturated heterocycles. The predicted octanol–water partition coefficient (Wildman–Crippen LogP) is 1.60. The van der Waals surface area contributed by atoms with E-state index in [4.69, 9.17) is 10.5 Å². The van der Waals surface area contributed by atoms with Gasteiger partial charge >= 0.3 is 6.09 Å². The van der Waals surface area contributed by atoms with E-state index < -0.39 is 24.1 Å². The molecule has 0 bridgehead atoms. The molecule has 7 heteroatoms. The van der Waals surface area contributed by atoms with Crippen molar-refractivity contribution >= 4 is 12.0 Å². The number of carbonyl (C=O) groups excluding carboxylic acids is 2. The van der Waals surface area contributed by atoms with E-state index in [1.54, 1.807) is 0 Å². The van der Waals surface area contributed by atoms with Gasteiger partial charge in [0.05, 0.1) is 0 Å². The van der Waals surface area contributed by atoms with E-state index in [-0.39, 0.29) is 6.61 Å². The van der Waals surface area contributed by atoms with Crippen LogP contribution in [0.4, 0.5) is 4.79 Å². The summed E-state index contributed by atoms with van der Waals surface area (Å²) in [5.74, 6) is -0.282. The quantitative estimate of drug-likeness (QED) is 0.583. The molecule has 1 aliphatic carbocycles. The van der Waals surface area contributed by atoms with Gasteiger partial charge in [-0.2, -0.15) is 0 Å². The second-order valence-corrected chi connectivity index (χ2v) is 6.52. The Morgan fingerprint density at radius 1 is 1.16 bits per heavy atom. The largest absolute Gasteiger partial charge is 0.443 e. The molecule has 2 rings (SSSR count). The number of aliphatic hydroxyl groups is 1.